The van der Waals surface area contributed by atoms with Crippen molar-refractivity contribution in [3.8, 4) is 5.75 Å². The monoisotopic (exact) mass is 481 g/mol. The van der Waals surface area contributed by atoms with Gasteiger partial charge in [0.1, 0.15) is 23.6 Å². The van der Waals surface area contributed by atoms with Gasteiger partial charge in [-0.05, 0) is 118 Å². The normalized spacial score (nSPS) is 42.8. The molecule has 5 saturated carbocycles. The molecule has 2 spiro atoms. The van der Waals surface area contributed by atoms with Gasteiger partial charge in [0.25, 0.3) is 0 Å². The summed E-state index contributed by atoms with van der Waals surface area (Å²) < 4.78 is 11.6. The summed E-state index contributed by atoms with van der Waals surface area (Å²) in [6.45, 7) is 7.68. The van der Waals surface area contributed by atoms with Gasteiger partial charge in [0, 0.05) is 26.1 Å². The van der Waals surface area contributed by atoms with E-state index in [1.807, 2.05) is 0 Å². The van der Waals surface area contributed by atoms with Crippen molar-refractivity contribution in [2.45, 2.75) is 88.3 Å². The first-order valence-electron chi connectivity index (χ1n) is 14.5. The molecular weight excluding hydrogens is 438 g/mol. The van der Waals surface area contributed by atoms with Crippen molar-refractivity contribution in [3.05, 3.63) is 29.3 Å². The van der Waals surface area contributed by atoms with E-state index in [1.54, 1.807) is 0 Å². The molecule has 1 aromatic rings. The van der Waals surface area contributed by atoms with Crippen LogP contribution in [0.3, 0.4) is 0 Å². The highest BCUT2D eigenvalue weighted by Crippen LogP contribution is 2.65. The Morgan fingerprint density at radius 2 is 1.77 bits per heavy atom. The lowest BCUT2D eigenvalue weighted by Crippen LogP contribution is -2.58. The molecule has 2 aliphatic heterocycles. The Bertz CT molecular complexity index is 899. The van der Waals surface area contributed by atoms with E-state index in [0.29, 0.717) is 5.92 Å². The summed E-state index contributed by atoms with van der Waals surface area (Å²) in [7, 11) is 0. The minimum Gasteiger partial charge on any atom is -0.492 e. The minimum atomic E-state index is -0.0714. The quantitative estimate of drug-likeness (QED) is 0.508. The van der Waals surface area contributed by atoms with Crippen LogP contribution in [-0.2, 0) is 14.5 Å². The molecule has 4 bridgehead atoms. The molecule has 192 valence electrons. The summed E-state index contributed by atoms with van der Waals surface area (Å²) in [5.41, 5.74) is 2.80. The number of rotatable bonds is 5. The number of benzene rings is 1. The maximum absolute atomic E-state index is 6.51. The lowest BCUT2D eigenvalue weighted by molar-refractivity contribution is -0.385. The Kier molecular flexibility index (Phi) is 5.92. The highest BCUT2D eigenvalue weighted by molar-refractivity contribution is 5.37. The van der Waals surface area contributed by atoms with Gasteiger partial charge in [0.2, 0.25) is 0 Å². The fourth-order valence-electron chi connectivity index (χ4n) is 9.27. The molecule has 5 aliphatic carbocycles. The van der Waals surface area contributed by atoms with E-state index in [9.17, 15) is 0 Å². The van der Waals surface area contributed by atoms with Crippen LogP contribution < -0.4 is 4.74 Å². The van der Waals surface area contributed by atoms with Crippen molar-refractivity contribution in [1.29, 1.82) is 0 Å². The van der Waals surface area contributed by atoms with Gasteiger partial charge in [-0.2, -0.15) is 0 Å². The second-order valence-corrected chi connectivity index (χ2v) is 12.9. The predicted octanol–water partition coefficient (Wildman–Crippen LogP) is 5.65. The van der Waals surface area contributed by atoms with Gasteiger partial charge < -0.3 is 9.47 Å². The zero-order valence-electron chi connectivity index (χ0n) is 21.5. The Morgan fingerprint density at radius 1 is 1.00 bits per heavy atom. The van der Waals surface area contributed by atoms with Crippen LogP contribution in [0.1, 0.15) is 81.3 Å². The zero-order chi connectivity index (χ0) is 23.5. The number of hydrogen-bond acceptors (Lipinski definition) is 5. The summed E-state index contributed by atoms with van der Waals surface area (Å²) >= 11 is 0. The van der Waals surface area contributed by atoms with Gasteiger partial charge >= 0.3 is 0 Å². The average Bonchev–Trinajstić information content (AvgIpc) is 3.22. The molecule has 0 aromatic heterocycles. The fraction of sp³-hybridized carbons (Fsp3) is 0.800. The Balaban J connectivity index is 1.01. The maximum atomic E-state index is 6.51. The first kappa shape index (κ1) is 23.0. The van der Waals surface area contributed by atoms with Crippen molar-refractivity contribution in [2.75, 3.05) is 39.5 Å². The Morgan fingerprint density at radius 3 is 2.51 bits per heavy atom. The summed E-state index contributed by atoms with van der Waals surface area (Å²) in [4.78, 5) is 15.4. The standard InChI is InChI=1S/C30H43NO4/c1-21-13-27(33-12-9-31-7-10-32-11-8-31)4-5-28(21)24-3-2-6-29(19-24)20-30(35-34-29)25-15-22-14-23(17-25)18-26(30)16-22/h4-5,13,22-26H,2-3,6-12,14-20H2,1H3/t22?,23?,24-,25?,26?,29-,30?/m1/s1. The van der Waals surface area contributed by atoms with Crippen LogP contribution in [-0.4, -0.2) is 55.6 Å². The van der Waals surface area contributed by atoms with Crippen LogP contribution in [0.25, 0.3) is 0 Å². The molecule has 35 heavy (non-hydrogen) atoms. The number of aryl methyl sites for hydroxylation is 1. The smallest absolute Gasteiger partial charge is 0.119 e. The number of hydrogen-bond donors (Lipinski definition) is 0. The van der Waals surface area contributed by atoms with Crippen LogP contribution in [0.2, 0.25) is 0 Å². The van der Waals surface area contributed by atoms with Crippen LogP contribution >= 0.6 is 0 Å². The third kappa shape index (κ3) is 4.15. The third-order valence-corrected chi connectivity index (χ3v) is 10.8. The second-order valence-electron chi connectivity index (χ2n) is 12.9. The highest BCUT2D eigenvalue weighted by atomic mass is 17.2. The van der Waals surface area contributed by atoms with E-state index in [-0.39, 0.29) is 11.2 Å². The molecule has 0 amide bonds. The number of morpholine rings is 1. The van der Waals surface area contributed by atoms with E-state index in [4.69, 9.17) is 19.2 Å². The Hall–Kier alpha value is -1.14. The lowest BCUT2D eigenvalue weighted by atomic mass is 9.48. The highest BCUT2D eigenvalue weighted by Gasteiger charge is 2.65. The van der Waals surface area contributed by atoms with Gasteiger partial charge in [-0.3, -0.25) is 4.90 Å². The van der Waals surface area contributed by atoms with Crippen molar-refractivity contribution < 1.29 is 19.2 Å². The van der Waals surface area contributed by atoms with Crippen molar-refractivity contribution in [1.82, 2.24) is 4.90 Å². The number of ether oxygens (including phenoxy) is 2. The molecule has 7 fully saturated rings. The lowest BCUT2D eigenvalue weighted by Gasteiger charge is -2.58. The molecule has 2 atom stereocenters. The average molecular weight is 482 g/mol. The van der Waals surface area contributed by atoms with Gasteiger partial charge in [-0.15, -0.1) is 0 Å². The van der Waals surface area contributed by atoms with E-state index in [1.165, 1.54) is 62.5 Å². The maximum Gasteiger partial charge on any atom is 0.119 e. The van der Waals surface area contributed by atoms with Crippen LogP contribution in [0.15, 0.2) is 18.2 Å². The van der Waals surface area contributed by atoms with E-state index in [0.717, 1.165) is 81.7 Å². The van der Waals surface area contributed by atoms with Crippen LogP contribution in [0.4, 0.5) is 0 Å². The molecule has 0 radical (unpaired) electrons. The molecule has 0 N–H and O–H groups in total. The molecule has 5 heteroatoms. The third-order valence-electron chi connectivity index (χ3n) is 10.8. The molecule has 2 heterocycles. The van der Waals surface area contributed by atoms with Gasteiger partial charge in [0.15, 0.2) is 0 Å². The summed E-state index contributed by atoms with van der Waals surface area (Å²) in [5.74, 6) is 4.99. The van der Waals surface area contributed by atoms with Gasteiger partial charge in [0.05, 0.1) is 13.2 Å². The summed E-state index contributed by atoms with van der Waals surface area (Å²) in [6, 6.07) is 6.77. The Labute approximate surface area is 210 Å². The summed E-state index contributed by atoms with van der Waals surface area (Å²) in [5, 5.41) is 0. The first-order valence-corrected chi connectivity index (χ1v) is 14.5. The van der Waals surface area contributed by atoms with Gasteiger partial charge in [-0.1, -0.05) is 6.07 Å². The van der Waals surface area contributed by atoms with E-state index < -0.39 is 0 Å². The molecule has 2 saturated heterocycles. The SMILES string of the molecule is Cc1cc(OCCN2CCOCC2)ccc1[C@@H]1CCC[C@@]2(C1)CC1(OO2)C2CC3CC(C2)CC1C3. The summed E-state index contributed by atoms with van der Waals surface area (Å²) in [6.07, 6.45) is 13.0. The zero-order valence-corrected chi connectivity index (χ0v) is 21.5. The number of nitrogens with zero attached hydrogens (tertiary/aromatic N) is 1. The first-order chi connectivity index (χ1) is 17.1. The van der Waals surface area contributed by atoms with E-state index >= 15 is 0 Å². The van der Waals surface area contributed by atoms with Crippen LogP contribution in [0.5, 0.6) is 5.75 Å². The molecule has 7 aliphatic rings. The van der Waals surface area contributed by atoms with Crippen LogP contribution in [0, 0.1) is 30.6 Å². The minimum absolute atomic E-state index is 0.0303. The van der Waals surface area contributed by atoms with Crippen molar-refractivity contribution >= 4 is 0 Å². The molecule has 0 unspecified atom stereocenters. The molecular formula is C30H43NO4. The van der Waals surface area contributed by atoms with Gasteiger partial charge in [-0.25, -0.2) is 9.78 Å². The topological polar surface area (TPSA) is 40.2 Å². The molecule has 1 aromatic carbocycles. The predicted molar refractivity (Wildman–Crippen MR) is 134 cm³/mol. The second kappa shape index (κ2) is 9.01. The molecule has 8 rings (SSSR count). The van der Waals surface area contributed by atoms with Crippen molar-refractivity contribution in [2.24, 2.45) is 23.7 Å². The largest absolute Gasteiger partial charge is 0.492 e. The molecule has 5 nitrogen and oxygen atoms in total. The fourth-order valence-corrected chi connectivity index (χ4v) is 9.27. The van der Waals surface area contributed by atoms with E-state index in [2.05, 4.69) is 30.0 Å². The van der Waals surface area contributed by atoms with Crippen molar-refractivity contribution in [3.63, 3.8) is 0 Å².